The molecule has 0 amide bonds. The Morgan fingerprint density at radius 1 is 1.03 bits per heavy atom. The van der Waals surface area contributed by atoms with Crippen molar-refractivity contribution in [3.05, 3.63) is 70.8 Å². The van der Waals surface area contributed by atoms with Gasteiger partial charge >= 0.3 is 0 Å². The first-order valence-corrected chi connectivity index (χ1v) is 11.0. The maximum Gasteiger partial charge on any atom is 0.258 e. The monoisotopic (exact) mass is 431 g/mol. The van der Waals surface area contributed by atoms with E-state index in [1.807, 2.05) is 55.5 Å². The average molecular weight is 432 g/mol. The first kappa shape index (κ1) is 19.6. The first-order chi connectivity index (χ1) is 15.0. The molecule has 1 N–H and O–H groups in total. The highest BCUT2D eigenvalue weighted by Gasteiger charge is 2.23. The van der Waals surface area contributed by atoms with E-state index < -0.39 is 0 Å². The number of nitrogens with zero attached hydrogens (tertiary/aromatic N) is 4. The molecule has 5 aromatic rings. The number of nitrogens with one attached hydrogen (secondary N) is 1. The van der Waals surface area contributed by atoms with E-state index in [9.17, 15) is 4.79 Å². The first-order valence-electron chi connectivity index (χ1n) is 10.1. The van der Waals surface area contributed by atoms with Gasteiger partial charge in [-0.2, -0.15) is 0 Å². The molecule has 0 saturated heterocycles. The van der Waals surface area contributed by atoms with Gasteiger partial charge in [-0.25, -0.2) is 4.98 Å². The number of benzene rings is 2. The number of thioether (sulfide) groups is 1. The van der Waals surface area contributed by atoms with Gasteiger partial charge < -0.3 is 9.40 Å². The molecule has 156 valence electrons. The Morgan fingerprint density at radius 3 is 2.61 bits per heavy atom. The number of aromatic amines is 1. The van der Waals surface area contributed by atoms with Crippen molar-refractivity contribution in [1.82, 2.24) is 24.7 Å². The quantitative estimate of drug-likeness (QED) is 0.377. The summed E-state index contributed by atoms with van der Waals surface area (Å²) in [6.45, 7) is 6.17. The highest BCUT2D eigenvalue weighted by molar-refractivity contribution is 7.99. The van der Waals surface area contributed by atoms with Gasteiger partial charge in [0.15, 0.2) is 10.9 Å². The van der Waals surface area contributed by atoms with Crippen LogP contribution in [0.2, 0.25) is 0 Å². The predicted molar refractivity (Wildman–Crippen MR) is 122 cm³/mol. The van der Waals surface area contributed by atoms with Crippen LogP contribution in [0.4, 0.5) is 0 Å². The molecule has 1 unspecified atom stereocenters. The molecule has 5 rings (SSSR count). The normalized spacial score (nSPS) is 12.8. The topological polar surface area (TPSA) is 89.6 Å². The van der Waals surface area contributed by atoms with Crippen molar-refractivity contribution < 1.29 is 4.42 Å². The van der Waals surface area contributed by atoms with Crippen molar-refractivity contribution in [2.24, 2.45) is 0 Å². The molecular formula is C23H21N5O2S. The number of para-hydroxylation sites is 2. The van der Waals surface area contributed by atoms with Crippen LogP contribution in [0.3, 0.4) is 0 Å². The molecule has 8 heteroatoms. The van der Waals surface area contributed by atoms with E-state index in [4.69, 9.17) is 4.42 Å². The van der Waals surface area contributed by atoms with E-state index in [2.05, 4.69) is 38.6 Å². The second kappa shape index (κ2) is 7.70. The predicted octanol–water partition coefficient (Wildman–Crippen LogP) is 5.36. The van der Waals surface area contributed by atoms with Gasteiger partial charge in [0.25, 0.3) is 5.56 Å². The van der Waals surface area contributed by atoms with Crippen LogP contribution in [0.5, 0.6) is 0 Å². The van der Waals surface area contributed by atoms with E-state index in [0.717, 1.165) is 16.1 Å². The number of H-pyrrole nitrogens is 1. The molecule has 0 aliphatic carbocycles. The van der Waals surface area contributed by atoms with E-state index in [1.54, 1.807) is 6.07 Å². The highest BCUT2D eigenvalue weighted by Crippen LogP contribution is 2.36. The van der Waals surface area contributed by atoms with E-state index in [1.165, 1.54) is 11.8 Å². The molecule has 3 aromatic heterocycles. The summed E-state index contributed by atoms with van der Waals surface area (Å²) in [4.78, 5) is 20.0. The molecule has 0 bridgehead atoms. The van der Waals surface area contributed by atoms with Gasteiger partial charge in [0.2, 0.25) is 5.82 Å². The Labute approximate surface area is 182 Å². The fraction of sp³-hybridized carbons (Fsp3) is 0.217. The molecule has 7 nitrogen and oxygen atoms in total. The summed E-state index contributed by atoms with van der Waals surface area (Å²) < 4.78 is 8.07. The molecule has 0 aliphatic heterocycles. The van der Waals surface area contributed by atoms with Crippen LogP contribution < -0.4 is 5.56 Å². The van der Waals surface area contributed by atoms with Crippen LogP contribution in [0, 0.1) is 0 Å². The van der Waals surface area contributed by atoms with Crippen molar-refractivity contribution in [2.45, 2.75) is 37.2 Å². The number of hydrogen-bond acceptors (Lipinski definition) is 6. The maximum absolute atomic E-state index is 12.5. The van der Waals surface area contributed by atoms with Crippen LogP contribution in [0.15, 0.2) is 69.0 Å². The molecule has 3 heterocycles. The number of aromatic nitrogens is 5. The molecule has 31 heavy (non-hydrogen) atoms. The lowest BCUT2D eigenvalue weighted by molar-refractivity contribution is 0.539. The lowest BCUT2D eigenvalue weighted by Gasteiger charge is -2.15. The summed E-state index contributed by atoms with van der Waals surface area (Å²) in [5, 5.41) is 11.1. The lowest BCUT2D eigenvalue weighted by Crippen LogP contribution is -2.13. The molecule has 0 radical (unpaired) electrons. The van der Waals surface area contributed by atoms with Crippen molar-refractivity contribution in [2.75, 3.05) is 0 Å². The number of fused-ring (bicyclic) bond motifs is 2. The van der Waals surface area contributed by atoms with Crippen LogP contribution in [0.25, 0.3) is 33.5 Å². The largest absolute Gasteiger partial charge is 0.453 e. The summed E-state index contributed by atoms with van der Waals surface area (Å²) in [6.07, 6.45) is 0. The zero-order chi connectivity index (χ0) is 21.5. The van der Waals surface area contributed by atoms with Gasteiger partial charge in [0, 0.05) is 11.4 Å². The minimum atomic E-state index is -0.138. The van der Waals surface area contributed by atoms with Crippen LogP contribution >= 0.6 is 11.8 Å². The summed E-state index contributed by atoms with van der Waals surface area (Å²) in [5.41, 5.74) is 1.36. The smallest absolute Gasteiger partial charge is 0.258 e. The van der Waals surface area contributed by atoms with E-state index >= 15 is 0 Å². The fourth-order valence-electron chi connectivity index (χ4n) is 3.59. The summed E-state index contributed by atoms with van der Waals surface area (Å²) in [7, 11) is 0. The third-order valence-corrected chi connectivity index (χ3v) is 6.19. The average Bonchev–Trinajstić information content (AvgIpc) is 3.37. The maximum atomic E-state index is 12.5. The number of hydrogen-bond donors (Lipinski definition) is 1. The van der Waals surface area contributed by atoms with E-state index in [0.29, 0.717) is 28.3 Å². The number of rotatable bonds is 5. The van der Waals surface area contributed by atoms with Gasteiger partial charge in [0.1, 0.15) is 11.4 Å². The summed E-state index contributed by atoms with van der Waals surface area (Å²) in [6, 6.07) is 17.3. The molecule has 0 saturated carbocycles. The molecular weight excluding hydrogens is 410 g/mol. The molecule has 0 fully saturated rings. The van der Waals surface area contributed by atoms with Crippen molar-refractivity contribution in [3.8, 4) is 11.6 Å². The van der Waals surface area contributed by atoms with Crippen molar-refractivity contribution >= 4 is 33.6 Å². The second-order valence-electron chi connectivity index (χ2n) is 7.65. The third-order valence-electron chi connectivity index (χ3n) is 5.13. The van der Waals surface area contributed by atoms with E-state index in [-0.39, 0.29) is 16.9 Å². The Bertz CT molecular complexity index is 1420. The van der Waals surface area contributed by atoms with Crippen molar-refractivity contribution in [3.63, 3.8) is 0 Å². The van der Waals surface area contributed by atoms with Crippen LogP contribution in [-0.2, 0) is 0 Å². The van der Waals surface area contributed by atoms with Gasteiger partial charge in [-0.15, -0.1) is 10.2 Å². The molecule has 0 aliphatic rings. The van der Waals surface area contributed by atoms with Crippen LogP contribution in [0.1, 0.15) is 37.9 Å². The minimum Gasteiger partial charge on any atom is -0.453 e. The second-order valence-corrected chi connectivity index (χ2v) is 8.95. The summed E-state index contributed by atoms with van der Waals surface area (Å²) >= 11 is 1.51. The molecule has 1 atom stereocenters. The SMILES string of the molecule is CC(Sc1nnc(-c2cc3ccccc3o2)n1C(C)C)c1nc2ccccc2c(=O)[nH]1. The van der Waals surface area contributed by atoms with Gasteiger partial charge in [-0.05, 0) is 45.0 Å². The molecule has 0 spiro atoms. The highest BCUT2D eigenvalue weighted by atomic mass is 32.2. The van der Waals surface area contributed by atoms with Crippen LogP contribution in [-0.4, -0.2) is 24.7 Å². The lowest BCUT2D eigenvalue weighted by atomic mass is 10.2. The van der Waals surface area contributed by atoms with Gasteiger partial charge in [-0.3, -0.25) is 9.36 Å². The zero-order valence-electron chi connectivity index (χ0n) is 17.4. The van der Waals surface area contributed by atoms with Crippen molar-refractivity contribution in [1.29, 1.82) is 0 Å². The Hall–Kier alpha value is -3.39. The number of furan rings is 1. The fourth-order valence-corrected chi connectivity index (χ4v) is 4.63. The standard InChI is InChI=1S/C23H21N5O2S/c1-13(2)28-21(19-12-15-8-4-7-11-18(15)30-19)26-27-23(28)31-14(3)20-24-17-10-6-5-9-16(17)22(29)25-20/h4-14H,1-3H3,(H,24,25,29). The Kier molecular flexibility index (Phi) is 4.86. The molecule has 2 aromatic carbocycles. The summed E-state index contributed by atoms with van der Waals surface area (Å²) in [5.74, 6) is 1.97. The van der Waals surface area contributed by atoms with Gasteiger partial charge in [0.05, 0.1) is 16.2 Å². The van der Waals surface area contributed by atoms with Gasteiger partial charge in [-0.1, -0.05) is 42.1 Å². The Balaban J connectivity index is 1.51. The minimum absolute atomic E-state index is 0.122. The third kappa shape index (κ3) is 3.53. The zero-order valence-corrected chi connectivity index (χ0v) is 18.2. The Morgan fingerprint density at radius 2 is 1.81 bits per heavy atom.